The van der Waals surface area contributed by atoms with Crippen LogP contribution in [-0.2, 0) is 16.0 Å². The molecular formula is C15H14O3S. The summed E-state index contributed by atoms with van der Waals surface area (Å²) in [7, 11) is 1.39. The largest absolute Gasteiger partial charge is 0.508 e. The molecule has 0 radical (unpaired) electrons. The second-order valence-corrected chi connectivity index (χ2v) is 5.07. The van der Waals surface area contributed by atoms with Gasteiger partial charge in [0.15, 0.2) is 0 Å². The second-order valence-electron chi connectivity index (χ2n) is 3.96. The number of aromatic hydroxyl groups is 1. The minimum atomic E-state index is -0.251. The van der Waals surface area contributed by atoms with Crippen LogP contribution in [0.15, 0.2) is 58.3 Å². The molecule has 0 aromatic heterocycles. The van der Waals surface area contributed by atoms with Crippen LogP contribution in [0.2, 0.25) is 0 Å². The lowest BCUT2D eigenvalue weighted by molar-refractivity contribution is -0.139. The van der Waals surface area contributed by atoms with Gasteiger partial charge in [0, 0.05) is 9.79 Å². The summed E-state index contributed by atoms with van der Waals surface area (Å²) in [6.07, 6.45) is 0.262. The molecule has 2 aromatic rings. The van der Waals surface area contributed by atoms with Crippen LogP contribution in [0.4, 0.5) is 0 Å². The van der Waals surface area contributed by atoms with Crippen molar-refractivity contribution in [3.05, 3.63) is 54.1 Å². The molecule has 0 spiro atoms. The molecule has 0 aliphatic heterocycles. The SMILES string of the molecule is COC(=O)Cc1ccccc1Sc1ccc(O)cc1. The van der Waals surface area contributed by atoms with Gasteiger partial charge in [0.25, 0.3) is 0 Å². The highest BCUT2D eigenvalue weighted by Gasteiger charge is 2.08. The Morgan fingerprint density at radius 2 is 1.84 bits per heavy atom. The van der Waals surface area contributed by atoms with Gasteiger partial charge in [0.2, 0.25) is 0 Å². The first kappa shape index (κ1) is 13.5. The molecule has 0 amide bonds. The van der Waals surface area contributed by atoms with E-state index in [-0.39, 0.29) is 18.1 Å². The van der Waals surface area contributed by atoms with Crippen molar-refractivity contribution < 1.29 is 14.6 Å². The van der Waals surface area contributed by atoms with E-state index < -0.39 is 0 Å². The van der Waals surface area contributed by atoms with E-state index in [4.69, 9.17) is 4.74 Å². The Balaban J connectivity index is 2.20. The molecule has 0 heterocycles. The van der Waals surface area contributed by atoms with E-state index in [1.54, 1.807) is 23.9 Å². The molecule has 4 heteroatoms. The van der Waals surface area contributed by atoms with Gasteiger partial charge in [-0.1, -0.05) is 30.0 Å². The summed E-state index contributed by atoms with van der Waals surface area (Å²) in [5, 5.41) is 9.26. The first-order valence-electron chi connectivity index (χ1n) is 5.80. The van der Waals surface area contributed by atoms with Crippen LogP contribution in [0.5, 0.6) is 5.75 Å². The third kappa shape index (κ3) is 3.76. The van der Waals surface area contributed by atoms with E-state index in [2.05, 4.69) is 0 Å². The number of esters is 1. The van der Waals surface area contributed by atoms with Gasteiger partial charge in [-0.05, 0) is 35.9 Å². The summed E-state index contributed by atoms with van der Waals surface area (Å²) in [5.41, 5.74) is 0.937. The third-order valence-corrected chi connectivity index (χ3v) is 3.73. The molecule has 98 valence electrons. The Bertz CT molecular complexity index is 564. The van der Waals surface area contributed by atoms with Crippen molar-refractivity contribution >= 4 is 17.7 Å². The predicted molar refractivity (Wildman–Crippen MR) is 74.4 cm³/mol. The Hall–Kier alpha value is -1.94. The normalized spacial score (nSPS) is 10.2. The Morgan fingerprint density at radius 3 is 2.53 bits per heavy atom. The van der Waals surface area contributed by atoms with Gasteiger partial charge in [-0.3, -0.25) is 4.79 Å². The quantitative estimate of drug-likeness (QED) is 0.869. The van der Waals surface area contributed by atoms with Crippen molar-refractivity contribution in [2.45, 2.75) is 16.2 Å². The molecule has 2 rings (SSSR count). The molecule has 0 aliphatic rings. The highest BCUT2D eigenvalue weighted by atomic mass is 32.2. The van der Waals surface area contributed by atoms with Gasteiger partial charge in [0.1, 0.15) is 5.75 Å². The second kappa shape index (κ2) is 6.29. The summed E-state index contributed by atoms with van der Waals surface area (Å²) in [5.74, 6) is -0.00838. The maximum Gasteiger partial charge on any atom is 0.310 e. The van der Waals surface area contributed by atoms with Crippen LogP contribution in [0.25, 0.3) is 0 Å². The van der Waals surface area contributed by atoms with Crippen LogP contribution in [-0.4, -0.2) is 18.2 Å². The van der Waals surface area contributed by atoms with Crippen LogP contribution < -0.4 is 0 Å². The monoisotopic (exact) mass is 274 g/mol. The number of carbonyl (C=O) groups excluding carboxylic acids is 1. The summed E-state index contributed by atoms with van der Waals surface area (Å²) in [6.45, 7) is 0. The number of carbonyl (C=O) groups is 1. The number of phenolic OH excluding ortho intramolecular Hbond substituents is 1. The average Bonchev–Trinajstić information content (AvgIpc) is 2.43. The number of hydrogen-bond donors (Lipinski definition) is 1. The highest BCUT2D eigenvalue weighted by molar-refractivity contribution is 7.99. The zero-order chi connectivity index (χ0) is 13.7. The molecule has 0 unspecified atom stereocenters. The van der Waals surface area contributed by atoms with Crippen molar-refractivity contribution in [2.24, 2.45) is 0 Å². The fourth-order valence-electron chi connectivity index (χ4n) is 1.62. The van der Waals surface area contributed by atoms with E-state index in [9.17, 15) is 9.90 Å². The molecule has 0 bridgehead atoms. The van der Waals surface area contributed by atoms with E-state index in [0.29, 0.717) is 0 Å². The van der Waals surface area contributed by atoms with E-state index in [1.165, 1.54) is 7.11 Å². The predicted octanol–water partition coefficient (Wildman–Crippen LogP) is 3.26. The van der Waals surface area contributed by atoms with Crippen molar-refractivity contribution in [2.75, 3.05) is 7.11 Å². The van der Waals surface area contributed by atoms with E-state index in [1.807, 2.05) is 36.4 Å². The zero-order valence-electron chi connectivity index (χ0n) is 10.5. The van der Waals surface area contributed by atoms with Crippen molar-refractivity contribution in [3.8, 4) is 5.75 Å². The minimum Gasteiger partial charge on any atom is -0.508 e. The van der Waals surface area contributed by atoms with Gasteiger partial charge in [-0.2, -0.15) is 0 Å². The lowest BCUT2D eigenvalue weighted by atomic mass is 10.1. The number of hydrogen-bond acceptors (Lipinski definition) is 4. The van der Waals surface area contributed by atoms with E-state index >= 15 is 0 Å². The zero-order valence-corrected chi connectivity index (χ0v) is 11.3. The summed E-state index contributed by atoms with van der Waals surface area (Å²) in [6, 6.07) is 14.7. The number of ether oxygens (including phenoxy) is 1. The first-order valence-corrected chi connectivity index (χ1v) is 6.62. The molecule has 0 atom stereocenters. The molecular weight excluding hydrogens is 260 g/mol. The van der Waals surface area contributed by atoms with Gasteiger partial charge in [-0.25, -0.2) is 0 Å². The van der Waals surface area contributed by atoms with Gasteiger partial charge in [0.05, 0.1) is 13.5 Å². The number of phenols is 1. The maximum atomic E-state index is 11.4. The Morgan fingerprint density at radius 1 is 1.16 bits per heavy atom. The van der Waals surface area contributed by atoms with Crippen LogP contribution in [0.1, 0.15) is 5.56 Å². The number of methoxy groups -OCH3 is 1. The molecule has 1 N–H and O–H groups in total. The van der Waals surface area contributed by atoms with Gasteiger partial charge < -0.3 is 9.84 Å². The summed E-state index contributed by atoms with van der Waals surface area (Å²) < 4.78 is 4.69. The van der Waals surface area contributed by atoms with Gasteiger partial charge >= 0.3 is 5.97 Å². The number of rotatable bonds is 4. The third-order valence-electron chi connectivity index (χ3n) is 2.60. The molecule has 0 saturated carbocycles. The molecule has 3 nitrogen and oxygen atoms in total. The van der Waals surface area contributed by atoms with Crippen molar-refractivity contribution in [1.29, 1.82) is 0 Å². The molecule has 0 aliphatic carbocycles. The molecule has 0 saturated heterocycles. The molecule has 0 fully saturated rings. The fourth-order valence-corrected chi connectivity index (χ4v) is 2.56. The number of benzene rings is 2. The molecule has 19 heavy (non-hydrogen) atoms. The first-order chi connectivity index (χ1) is 9.19. The topological polar surface area (TPSA) is 46.5 Å². The van der Waals surface area contributed by atoms with E-state index in [0.717, 1.165) is 15.4 Å². The Kier molecular flexibility index (Phi) is 4.47. The standard InChI is InChI=1S/C15H14O3S/c1-18-15(17)10-11-4-2-3-5-14(11)19-13-8-6-12(16)7-9-13/h2-9,16H,10H2,1H3. The van der Waals surface area contributed by atoms with Crippen molar-refractivity contribution in [3.63, 3.8) is 0 Å². The Labute approximate surface area is 116 Å². The van der Waals surface area contributed by atoms with Crippen LogP contribution in [0, 0.1) is 0 Å². The lowest BCUT2D eigenvalue weighted by Gasteiger charge is -2.08. The molecule has 2 aromatic carbocycles. The average molecular weight is 274 g/mol. The van der Waals surface area contributed by atoms with Crippen molar-refractivity contribution in [1.82, 2.24) is 0 Å². The summed E-state index contributed by atoms with van der Waals surface area (Å²) >= 11 is 1.56. The van der Waals surface area contributed by atoms with Crippen LogP contribution in [0.3, 0.4) is 0 Å². The maximum absolute atomic E-state index is 11.4. The highest BCUT2D eigenvalue weighted by Crippen LogP contribution is 2.31. The fraction of sp³-hybridized carbons (Fsp3) is 0.133. The smallest absolute Gasteiger partial charge is 0.310 e. The summed E-state index contributed by atoms with van der Waals surface area (Å²) in [4.78, 5) is 13.4. The lowest BCUT2D eigenvalue weighted by Crippen LogP contribution is -2.05. The minimum absolute atomic E-state index is 0.243. The van der Waals surface area contributed by atoms with Gasteiger partial charge in [-0.15, -0.1) is 0 Å². The van der Waals surface area contributed by atoms with Crippen LogP contribution >= 0.6 is 11.8 Å².